The number of aromatic nitrogens is 1. The number of anilines is 1. The molecule has 1 unspecified atom stereocenters. The normalized spacial score (nSPS) is 24.8. The lowest BCUT2D eigenvalue weighted by Gasteiger charge is -2.28. The molecular weight excluding hydrogens is 186 g/mol. The Morgan fingerprint density at radius 2 is 2.62 bits per heavy atom. The summed E-state index contributed by atoms with van der Waals surface area (Å²) in [7, 11) is 2.09. The molecule has 2 heterocycles. The van der Waals surface area contributed by atoms with Crippen molar-refractivity contribution in [1.82, 2.24) is 9.88 Å². The van der Waals surface area contributed by atoms with Crippen LogP contribution >= 0.6 is 11.3 Å². The third-order valence-corrected chi connectivity index (χ3v) is 3.04. The zero-order chi connectivity index (χ0) is 9.26. The van der Waals surface area contributed by atoms with E-state index in [-0.39, 0.29) is 6.10 Å². The molecule has 1 fully saturated rings. The minimum absolute atomic E-state index is 0.112. The molecule has 1 aliphatic rings. The second-order valence-electron chi connectivity index (χ2n) is 3.23. The summed E-state index contributed by atoms with van der Waals surface area (Å²) in [6, 6.07) is 0. The predicted octanol–water partition coefficient (Wildman–Crippen LogP) is 0.728. The summed E-state index contributed by atoms with van der Waals surface area (Å²) >= 11 is 1.57. The number of hydrogen-bond donors (Lipinski definition) is 1. The number of morpholine rings is 1. The molecule has 1 saturated heterocycles. The van der Waals surface area contributed by atoms with Crippen molar-refractivity contribution in [2.45, 2.75) is 6.10 Å². The van der Waals surface area contributed by atoms with Gasteiger partial charge in [0.05, 0.1) is 6.61 Å². The maximum atomic E-state index is 5.60. The van der Waals surface area contributed by atoms with Gasteiger partial charge in [-0.2, -0.15) is 0 Å². The van der Waals surface area contributed by atoms with Crippen LogP contribution in [0.4, 0.5) is 5.82 Å². The van der Waals surface area contributed by atoms with Crippen molar-refractivity contribution >= 4 is 17.2 Å². The van der Waals surface area contributed by atoms with E-state index in [2.05, 4.69) is 16.9 Å². The highest BCUT2D eigenvalue weighted by atomic mass is 32.1. The van der Waals surface area contributed by atoms with Gasteiger partial charge in [0.25, 0.3) is 0 Å². The summed E-state index contributed by atoms with van der Waals surface area (Å²) in [5, 5.41) is 2.84. The summed E-state index contributed by atoms with van der Waals surface area (Å²) in [5.74, 6) is 0.594. The summed E-state index contributed by atoms with van der Waals surface area (Å²) in [4.78, 5) is 6.46. The predicted molar refractivity (Wildman–Crippen MR) is 52.7 cm³/mol. The van der Waals surface area contributed by atoms with Crippen LogP contribution in [0, 0.1) is 0 Å². The van der Waals surface area contributed by atoms with Crippen LogP contribution in [-0.2, 0) is 4.74 Å². The van der Waals surface area contributed by atoms with Gasteiger partial charge in [-0.15, -0.1) is 11.3 Å². The molecule has 0 aromatic carbocycles. The van der Waals surface area contributed by atoms with Crippen LogP contribution in [0.3, 0.4) is 0 Å². The highest BCUT2D eigenvalue weighted by Crippen LogP contribution is 2.25. The number of thiazole rings is 1. The molecular formula is C8H13N3OS. The van der Waals surface area contributed by atoms with E-state index in [1.54, 1.807) is 11.3 Å². The molecule has 0 spiro atoms. The van der Waals surface area contributed by atoms with E-state index in [1.165, 1.54) is 0 Å². The van der Waals surface area contributed by atoms with Crippen molar-refractivity contribution in [2.24, 2.45) is 0 Å². The number of likely N-dealkylation sites (N-methyl/N-ethyl adjacent to an activating group) is 1. The Hall–Kier alpha value is -0.650. The first-order valence-electron chi connectivity index (χ1n) is 4.27. The maximum Gasteiger partial charge on any atom is 0.134 e. The molecule has 1 aliphatic heterocycles. The van der Waals surface area contributed by atoms with E-state index in [1.807, 2.05) is 5.38 Å². The van der Waals surface area contributed by atoms with Gasteiger partial charge in [-0.25, -0.2) is 4.98 Å². The van der Waals surface area contributed by atoms with Gasteiger partial charge in [0.2, 0.25) is 0 Å². The van der Waals surface area contributed by atoms with E-state index in [4.69, 9.17) is 10.5 Å². The largest absolute Gasteiger partial charge is 0.383 e. The second kappa shape index (κ2) is 3.61. The second-order valence-corrected chi connectivity index (χ2v) is 4.12. The van der Waals surface area contributed by atoms with Crippen LogP contribution in [-0.4, -0.2) is 36.6 Å². The van der Waals surface area contributed by atoms with Crippen molar-refractivity contribution in [3.8, 4) is 0 Å². The van der Waals surface area contributed by atoms with Crippen molar-refractivity contribution < 1.29 is 4.74 Å². The lowest BCUT2D eigenvalue weighted by atomic mass is 10.3. The van der Waals surface area contributed by atoms with E-state index < -0.39 is 0 Å². The fourth-order valence-corrected chi connectivity index (χ4v) is 2.12. The van der Waals surface area contributed by atoms with Gasteiger partial charge in [0.15, 0.2) is 0 Å². The average Bonchev–Trinajstić information content (AvgIpc) is 2.52. The van der Waals surface area contributed by atoms with Crippen LogP contribution in [0.2, 0.25) is 0 Å². The third kappa shape index (κ3) is 1.99. The SMILES string of the molecule is CN1CCOC(c2nc(N)cs2)C1. The fourth-order valence-electron chi connectivity index (χ4n) is 1.38. The fraction of sp³-hybridized carbons (Fsp3) is 0.625. The van der Waals surface area contributed by atoms with E-state index in [9.17, 15) is 0 Å². The highest BCUT2D eigenvalue weighted by Gasteiger charge is 2.21. The zero-order valence-electron chi connectivity index (χ0n) is 7.56. The molecule has 0 radical (unpaired) electrons. The number of nitrogen functional groups attached to an aromatic ring is 1. The van der Waals surface area contributed by atoms with Crippen molar-refractivity contribution in [3.63, 3.8) is 0 Å². The molecule has 0 bridgehead atoms. The molecule has 0 amide bonds. The van der Waals surface area contributed by atoms with Gasteiger partial charge in [-0.3, -0.25) is 0 Å². The lowest BCUT2D eigenvalue weighted by molar-refractivity contribution is -0.0209. The van der Waals surface area contributed by atoms with Gasteiger partial charge < -0.3 is 15.4 Å². The molecule has 1 atom stereocenters. The molecule has 5 heteroatoms. The molecule has 2 N–H and O–H groups in total. The van der Waals surface area contributed by atoms with Gasteiger partial charge in [0, 0.05) is 18.5 Å². The first-order valence-corrected chi connectivity index (χ1v) is 5.15. The third-order valence-electron chi connectivity index (χ3n) is 2.08. The summed E-state index contributed by atoms with van der Waals surface area (Å²) < 4.78 is 5.60. The summed E-state index contributed by atoms with van der Waals surface area (Å²) in [5.41, 5.74) is 5.55. The molecule has 1 aromatic heterocycles. The van der Waals surface area contributed by atoms with Crippen molar-refractivity contribution in [2.75, 3.05) is 32.5 Å². The van der Waals surface area contributed by atoms with Crippen LogP contribution < -0.4 is 5.73 Å². The molecule has 2 rings (SSSR count). The van der Waals surface area contributed by atoms with Gasteiger partial charge in [-0.1, -0.05) is 0 Å². The Bertz CT molecular complexity index is 289. The van der Waals surface area contributed by atoms with E-state index in [0.717, 1.165) is 24.7 Å². The maximum absolute atomic E-state index is 5.60. The number of nitrogens with two attached hydrogens (primary N) is 1. The first-order chi connectivity index (χ1) is 6.25. The lowest BCUT2D eigenvalue weighted by Crippen LogP contribution is -2.35. The summed E-state index contributed by atoms with van der Waals surface area (Å²) in [6.45, 7) is 2.69. The standard InChI is InChI=1S/C8H13N3OS/c1-11-2-3-12-6(4-11)8-10-7(9)5-13-8/h5-6H,2-4,9H2,1H3. The number of ether oxygens (including phenoxy) is 1. The van der Waals surface area contributed by atoms with Crippen LogP contribution in [0.5, 0.6) is 0 Å². The molecule has 0 saturated carbocycles. The molecule has 1 aromatic rings. The molecule has 13 heavy (non-hydrogen) atoms. The Balaban J connectivity index is 2.08. The number of nitrogens with zero attached hydrogens (tertiary/aromatic N) is 2. The Kier molecular flexibility index (Phi) is 2.48. The summed E-state index contributed by atoms with van der Waals surface area (Å²) in [6.07, 6.45) is 0.112. The Labute approximate surface area is 81.3 Å². The van der Waals surface area contributed by atoms with Gasteiger partial charge >= 0.3 is 0 Å². The minimum Gasteiger partial charge on any atom is -0.383 e. The Morgan fingerprint density at radius 3 is 3.23 bits per heavy atom. The van der Waals surface area contributed by atoms with Crippen molar-refractivity contribution in [3.05, 3.63) is 10.4 Å². The highest BCUT2D eigenvalue weighted by molar-refractivity contribution is 7.10. The van der Waals surface area contributed by atoms with Gasteiger partial charge in [-0.05, 0) is 7.05 Å². The smallest absolute Gasteiger partial charge is 0.134 e. The zero-order valence-corrected chi connectivity index (χ0v) is 8.38. The Morgan fingerprint density at radius 1 is 1.77 bits per heavy atom. The molecule has 4 nitrogen and oxygen atoms in total. The number of hydrogen-bond acceptors (Lipinski definition) is 5. The number of rotatable bonds is 1. The van der Waals surface area contributed by atoms with Gasteiger partial charge in [0.1, 0.15) is 16.9 Å². The van der Waals surface area contributed by atoms with Crippen LogP contribution in [0.1, 0.15) is 11.1 Å². The molecule has 0 aliphatic carbocycles. The van der Waals surface area contributed by atoms with Crippen LogP contribution in [0.15, 0.2) is 5.38 Å². The van der Waals surface area contributed by atoms with Crippen molar-refractivity contribution in [1.29, 1.82) is 0 Å². The topological polar surface area (TPSA) is 51.4 Å². The average molecular weight is 199 g/mol. The van der Waals surface area contributed by atoms with E-state index in [0.29, 0.717) is 5.82 Å². The molecule has 72 valence electrons. The quantitative estimate of drug-likeness (QED) is 0.724. The monoisotopic (exact) mass is 199 g/mol. The first kappa shape index (κ1) is 8.93. The minimum atomic E-state index is 0.112. The van der Waals surface area contributed by atoms with E-state index >= 15 is 0 Å². The van der Waals surface area contributed by atoms with Crippen LogP contribution in [0.25, 0.3) is 0 Å².